The van der Waals surface area contributed by atoms with Crippen LogP contribution in [0.1, 0.15) is 128 Å². The minimum absolute atomic E-state index is 0. The third-order valence-corrected chi connectivity index (χ3v) is 19.4. The zero-order chi connectivity index (χ0) is 86.9. The van der Waals surface area contributed by atoms with Gasteiger partial charge in [0.15, 0.2) is 31.1 Å². The van der Waals surface area contributed by atoms with Crippen LogP contribution in [0.5, 0.6) is 0 Å². The molecular weight excluding hydrogens is 1920 g/mol. The van der Waals surface area contributed by atoms with Crippen molar-refractivity contribution >= 4 is 171 Å². The van der Waals surface area contributed by atoms with Crippen molar-refractivity contribution in [3.63, 3.8) is 0 Å². The van der Waals surface area contributed by atoms with Gasteiger partial charge in [-0.05, 0) is 241 Å². The number of fused-ring (bicyclic) bond motifs is 3. The van der Waals surface area contributed by atoms with E-state index in [1.165, 1.54) is 116 Å². The fourth-order valence-corrected chi connectivity index (χ4v) is 12.0. The van der Waals surface area contributed by atoms with E-state index in [2.05, 4.69) is 119 Å². The molecule has 0 spiro atoms. The predicted molar refractivity (Wildman–Crippen MR) is 483 cm³/mol. The number of hydrogen-bond acceptors (Lipinski definition) is 28. The van der Waals surface area contributed by atoms with Crippen LogP contribution in [0.4, 0.5) is 11.6 Å². The van der Waals surface area contributed by atoms with Crippen molar-refractivity contribution in [2.24, 2.45) is 17.2 Å². The Morgan fingerprint density at radius 3 is 1.36 bits per heavy atom. The third kappa shape index (κ3) is 51.6. The first-order valence-electron chi connectivity index (χ1n) is 36.4. The van der Waals surface area contributed by atoms with Crippen LogP contribution >= 0.6 is 110 Å². The molecule has 633 valence electrons. The summed E-state index contributed by atoms with van der Waals surface area (Å²) in [6.45, 7) is 14.9. The molecule has 0 saturated heterocycles. The van der Waals surface area contributed by atoms with E-state index in [-0.39, 0.29) is 24.3 Å². The number of aryl methyl sites for hydroxylation is 2. The van der Waals surface area contributed by atoms with Crippen LogP contribution < -0.4 is 37.9 Å². The van der Waals surface area contributed by atoms with Gasteiger partial charge in [-0.2, -0.15) is 23.6 Å². The number of benzene rings is 2. The number of nitrogens with one attached hydrogen (secondary N) is 3. The van der Waals surface area contributed by atoms with Crippen molar-refractivity contribution in [2.75, 3.05) is 57.0 Å². The number of thiol groups is 1. The molecule has 10 aromatic heterocycles. The number of pyridine rings is 7. The van der Waals surface area contributed by atoms with E-state index in [1.807, 2.05) is 92.4 Å². The Bertz CT molecular complexity index is 4880. The molecule has 0 fully saturated rings. The first-order valence-corrected chi connectivity index (χ1v) is 48.3. The van der Waals surface area contributed by atoms with E-state index in [4.69, 9.17) is 100 Å². The molecule has 12 rings (SSSR count). The Kier molecular flexibility index (Phi) is 64.0. The first kappa shape index (κ1) is 109. The van der Waals surface area contributed by atoms with Crippen molar-refractivity contribution in [3.05, 3.63) is 250 Å². The van der Waals surface area contributed by atoms with Gasteiger partial charge in [-0.1, -0.05) is 131 Å². The molecule has 0 atom stereocenters. The van der Waals surface area contributed by atoms with Gasteiger partial charge >= 0.3 is 27.0 Å². The van der Waals surface area contributed by atoms with Crippen molar-refractivity contribution < 1.29 is 51.7 Å². The van der Waals surface area contributed by atoms with Gasteiger partial charge < -0.3 is 45.7 Å². The number of rotatable bonds is 23. The number of nitrogens with zero attached hydrogens (tertiary/aromatic N) is 13. The van der Waals surface area contributed by atoms with Crippen LogP contribution in [-0.2, 0) is 39.9 Å². The number of unbranched alkanes of at least 4 members (excludes halogenated alkanes) is 6. The minimum atomic E-state index is -4.21. The van der Waals surface area contributed by atoms with Crippen LogP contribution in [0, 0.1) is 41.0 Å². The van der Waals surface area contributed by atoms with Gasteiger partial charge in [-0.3, -0.25) is 34.7 Å². The van der Waals surface area contributed by atoms with E-state index in [0.29, 0.717) is 44.3 Å². The van der Waals surface area contributed by atoms with Gasteiger partial charge in [-0.15, -0.1) is 12.6 Å². The molecule has 10 heterocycles. The molecule has 37 heteroatoms. The molecule has 0 aliphatic heterocycles. The van der Waals surface area contributed by atoms with Crippen LogP contribution in [0.15, 0.2) is 199 Å². The van der Waals surface area contributed by atoms with Gasteiger partial charge in [0.2, 0.25) is 12.4 Å². The average Bonchev–Trinajstić information content (AvgIpc) is 1.71. The number of hydrogen-bond donors (Lipinski definition) is 9. The number of amides is 1. The van der Waals surface area contributed by atoms with E-state index < -0.39 is 24.7 Å². The third-order valence-electron chi connectivity index (χ3n) is 14.2. The number of halogens is 5. The SMILES string of the molecule is Brc1nsc2cccnc12.CCCCCCc1ccc(C(=O)Cl)cc1.CCCCCCc1ccc(C(=O)NCCCNc2nsc3cccnc23)cc1.CO.C[Si](C)(C)C#N.Clc1cccnc1.N#Cc1ncccc1Cl.N#Cc1ncccc1S.NCCCN.NCCCNc1nsc2cccnc12.O[n+]1cccc(Cl)c1.[CH3-].[O]=[Re](=[O])=[O]. The standard InChI is InChI=1S/C22H28N4OS.C13H17ClO.C9H12N4S.C6H3BrN2S.C6H3ClN2.C6H4N2S.C5H5ClNO.C5H4ClN.C4H9NSi.C3H10N2.CH4O.CH3.3O.Re/c1-2-3-4-5-8-17-10-12-18(13-11-17)22(27)25-16-7-15-24-21-20-19(28-26-21)9-6-14-23-20;1-2-3-4-5-6-11-7-9-12(10-8-11)13(14)15;10-4-2-6-12-9-8-7(14-13-9)3-1-5-11-8;7-6-5-4(10-9-6)2-1-3-8-5;7-5-2-1-3-9-6(5)4-8;7-4-5-6(9)2-1-3-8-5;6-5-2-1-3-7(8)4-5;6-5-2-1-3-7-4-5;1-6(2,3)4-5;4-2-1-3-5;1-2;;;;;/h6,9-14H,2-5,7-8,15-16H2,1H3,(H,24,26)(H,25,27);7-10H,2-6H2,1H3;1,3,5H,2,4,6,10H2,(H,12,13);1-3H;1-3H;1-3,9H;1-4,8H;1-4H;1-3H3;1-5H2;2H,1H3;1H3;;;;/q;;;;;;+1;;;;;-1;;;;. The Morgan fingerprint density at radius 1 is 0.559 bits per heavy atom. The van der Waals surface area contributed by atoms with Gasteiger partial charge in [0.25, 0.3) is 11.1 Å². The van der Waals surface area contributed by atoms with Crippen molar-refractivity contribution in [1.29, 1.82) is 15.8 Å². The van der Waals surface area contributed by atoms with Crippen LogP contribution in [0.3, 0.4) is 0 Å². The summed E-state index contributed by atoms with van der Waals surface area (Å²) >= 11 is 29.3. The van der Waals surface area contributed by atoms with E-state index in [9.17, 15) is 9.59 Å². The second-order valence-electron chi connectivity index (χ2n) is 24.5. The number of aliphatic hydroxyl groups is 1. The summed E-state index contributed by atoms with van der Waals surface area (Å²) in [6.07, 6.45) is 29.6. The number of aliphatic hydroxyl groups excluding tert-OH is 1. The van der Waals surface area contributed by atoms with Crippen LogP contribution in [0.25, 0.3) is 30.6 Å². The zero-order valence-electron chi connectivity index (χ0n) is 66.8. The monoisotopic (exact) mass is 2010 g/mol. The number of anilines is 2. The second-order valence-corrected chi connectivity index (χ2v) is 35.8. The molecule has 1 amide bonds. The number of carbonyl (C=O) groups excluding carboxylic acids is 2. The summed E-state index contributed by atoms with van der Waals surface area (Å²) in [5, 5.41) is 51.3. The second kappa shape index (κ2) is 69.1. The molecule has 12 aromatic rings. The van der Waals surface area contributed by atoms with Gasteiger partial charge in [0.1, 0.15) is 38.3 Å². The normalized spacial score (nSPS) is 9.60. The number of carbonyl (C=O) groups is 2. The van der Waals surface area contributed by atoms with Crippen molar-refractivity contribution in [1.82, 2.24) is 48.3 Å². The maximum absolute atomic E-state index is 12.3. The fraction of sp³-hybridized carbons (Fsp3) is 0.309. The van der Waals surface area contributed by atoms with Crippen LogP contribution in [-0.4, -0.2) is 119 Å². The quantitative estimate of drug-likeness (QED) is 0.00546. The van der Waals surface area contributed by atoms with Crippen molar-refractivity contribution in [2.45, 2.75) is 122 Å². The van der Waals surface area contributed by atoms with E-state index in [0.717, 1.165) is 123 Å². The molecule has 0 aliphatic rings. The topological polar surface area (TPSA) is 431 Å². The number of nitriles is 3. The summed E-state index contributed by atoms with van der Waals surface area (Å²) in [5.74, 6) is 1.68. The first-order chi connectivity index (χ1) is 56.4. The Hall–Kier alpha value is -8.72. The molecule has 2 aromatic carbocycles. The van der Waals surface area contributed by atoms with Gasteiger partial charge in [0.05, 0.1) is 24.1 Å². The predicted octanol–water partition coefficient (Wildman–Crippen LogP) is 19.0. The van der Waals surface area contributed by atoms with Gasteiger partial charge in [-0.25, -0.2) is 15.2 Å². The molecule has 0 radical (unpaired) electrons. The summed E-state index contributed by atoms with van der Waals surface area (Å²) in [5.41, 5.74) is 25.1. The molecule has 26 nitrogen and oxygen atoms in total. The fourth-order valence-electron chi connectivity index (χ4n) is 8.44. The Balaban J connectivity index is 0.00000133. The number of aromatic nitrogens is 10. The summed E-state index contributed by atoms with van der Waals surface area (Å²) < 4.78 is 43.6. The molecule has 0 unspecified atom stereocenters. The maximum atomic E-state index is 12.3. The average molecular weight is 2020 g/mol. The van der Waals surface area contributed by atoms with E-state index >= 15 is 0 Å². The van der Waals surface area contributed by atoms with E-state index in [1.54, 1.807) is 97.8 Å². The van der Waals surface area contributed by atoms with Crippen LogP contribution in [0.2, 0.25) is 34.7 Å². The Morgan fingerprint density at radius 2 is 0.992 bits per heavy atom. The molecule has 118 heavy (non-hydrogen) atoms. The Labute approximate surface area is 744 Å². The summed E-state index contributed by atoms with van der Waals surface area (Å²) in [4.78, 5) is 47.7. The molecule has 0 aliphatic carbocycles. The summed E-state index contributed by atoms with van der Waals surface area (Å²) in [6, 6.07) is 44.8. The molecule has 11 N–H and O–H groups in total. The zero-order valence-corrected chi connectivity index (χ0v) is 78.4. The summed E-state index contributed by atoms with van der Waals surface area (Å²) in [7, 11) is -0.326. The van der Waals surface area contributed by atoms with Crippen molar-refractivity contribution in [3.8, 4) is 17.8 Å². The molecule has 0 saturated carbocycles. The molecular formula is C81H102BrCl4N19O7ReS4Si. The van der Waals surface area contributed by atoms with Gasteiger partial charge in [0, 0.05) is 103 Å². The molecule has 0 bridgehead atoms. The number of nitrogens with two attached hydrogens (primary N) is 3.